The molecule has 0 aromatic heterocycles. The Bertz CT molecular complexity index is 824. The van der Waals surface area contributed by atoms with Gasteiger partial charge < -0.3 is 15.0 Å². The van der Waals surface area contributed by atoms with Crippen molar-refractivity contribution in [3.8, 4) is 0 Å². The number of nitrogens with one attached hydrogen (secondary N) is 1. The summed E-state index contributed by atoms with van der Waals surface area (Å²) in [5.41, 5.74) is 0.747. The topological polar surface area (TPSA) is 58.6 Å². The molecule has 30 heavy (non-hydrogen) atoms. The Kier molecular flexibility index (Phi) is 6.67. The standard InChI is InChI=1S/C24H31ClN2O3/c1-16-8-2-5-11-19(16)26-23(28)15-27-20-12-6-7-13-21(20)30-22(24(27)29)14-17-9-3-4-10-18(17)25/h3-4,9-10,14,16,19-21H,2,5-8,11-13,15H2,1H3,(H,26,28)/b22-14+. The van der Waals surface area contributed by atoms with Crippen LogP contribution in [0.4, 0.5) is 0 Å². The predicted molar refractivity (Wildman–Crippen MR) is 118 cm³/mol. The third kappa shape index (κ3) is 4.66. The van der Waals surface area contributed by atoms with Crippen LogP contribution in [0.1, 0.15) is 63.9 Å². The number of halogens is 1. The second-order valence-electron chi connectivity index (χ2n) is 8.91. The highest BCUT2D eigenvalue weighted by atomic mass is 35.5. The first-order chi connectivity index (χ1) is 14.5. The summed E-state index contributed by atoms with van der Waals surface area (Å²) in [5, 5.41) is 3.76. The number of benzene rings is 1. The van der Waals surface area contributed by atoms with Crippen LogP contribution >= 0.6 is 11.6 Å². The number of ether oxygens (including phenoxy) is 1. The molecule has 3 fully saturated rings. The van der Waals surface area contributed by atoms with Crippen molar-refractivity contribution < 1.29 is 14.3 Å². The van der Waals surface area contributed by atoms with Crippen molar-refractivity contribution in [3.05, 3.63) is 40.6 Å². The molecule has 1 aromatic rings. The van der Waals surface area contributed by atoms with E-state index in [0.717, 1.165) is 50.5 Å². The van der Waals surface area contributed by atoms with E-state index in [1.165, 1.54) is 6.42 Å². The Hall–Kier alpha value is -2.01. The van der Waals surface area contributed by atoms with E-state index in [1.54, 1.807) is 17.0 Å². The summed E-state index contributed by atoms with van der Waals surface area (Å²) in [6, 6.07) is 7.56. The van der Waals surface area contributed by atoms with E-state index >= 15 is 0 Å². The molecule has 0 spiro atoms. The zero-order valence-electron chi connectivity index (χ0n) is 17.6. The van der Waals surface area contributed by atoms with Crippen LogP contribution in [0.15, 0.2) is 30.0 Å². The molecule has 0 bridgehead atoms. The molecule has 3 aliphatic rings. The van der Waals surface area contributed by atoms with Crippen molar-refractivity contribution in [1.82, 2.24) is 10.2 Å². The Morgan fingerprint density at radius 2 is 1.90 bits per heavy atom. The number of carbonyl (C=O) groups excluding carboxylic acids is 2. The average Bonchev–Trinajstić information content (AvgIpc) is 2.74. The minimum atomic E-state index is -0.218. The van der Waals surface area contributed by atoms with E-state index in [9.17, 15) is 9.59 Å². The summed E-state index contributed by atoms with van der Waals surface area (Å²) in [5.74, 6) is 0.488. The Labute approximate surface area is 183 Å². The zero-order chi connectivity index (χ0) is 21.1. The second kappa shape index (κ2) is 9.42. The Morgan fingerprint density at radius 1 is 1.17 bits per heavy atom. The summed E-state index contributed by atoms with van der Waals surface area (Å²) < 4.78 is 6.12. The maximum Gasteiger partial charge on any atom is 0.289 e. The molecule has 1 aliphatic heterocycles. The van der Waals surface area contributed by atoms with Crippen molar-refractivity contribution in [3.63, 3.8) is 0 Å². The molecule has 2 aliphatic carbocycles. The third-order valence-electron chi connectivity index (χ3n) is 6.78. The number of morpholine rings is 1. The lowest BCUT2D eigenvalue weighted by Crippen LogP contribution is -2.57. The van der Waals surface area contributed by atoms with Crippen molar-refractivity contribution in [1.29, 1.82) is 0 Å². The molecule has 5 nitrogen and oxygen atoms in total. The van der Waals surface area contributed by atoms with Crippen molar-refractivity contribution in [2.45, 2.75) is 76.5 Å². The first-order valence-corrected chi connectivity index (χ1v) is 11.6. The highest BCUT2D eigenvalue weighted by Gasteiger charge is 2.42. The van der Waals surface area contributed by atoms with Gasteiger partial charge in [-0.15, -0.1) is 0 Å². The summed E-state index contributed by atoms with van der Waals surface area (Å²) >= 11 is 6.28. The molecular weight excluding hydrogens is 400 g/mol. The highest BCUT2D eigenvalue weighted by molar-refractivity contribution is 6.32. The third-order valence-corrected chi connectivity index (χ3v) is 7.13. The van der Waals surface area contributed by atoms with E-state index < -0.39 is 0 Å². The van der Waals surface area contributed by atoms with E-state index in [1.807, 2.05) is 18.2 Å². The van der Waals surface area contributed by atoms with Gasteiger partial charge in [-0.05, 0) is 55.7 Å². The van der Waals surface area contributed by atoms with Gasteiger partial charge in [0.15, 0.2) is 5.76 Å². The minimum absolute atomic E-state index is 0.0378. The van der Waals surface area contributed by atoms with Gasteiger partial charge in [0.1, 0.15) is 12.6 Å². The lowest BCUT2D eigenvalue weighted by Gasteiger charge is -2.44. The molecule has 6 heteroatoms. The molecule has 1 N–H and O–H groups in total. The monoisotopic (exact) mass is 430 g/mol. The number of carbonyl (C=O) groups is 2. The number of hydrogen-bond donors (Lipinski definition) is 1. The summed E-state index contributed by atoms with van der Waals surface area (Å²) in [6.45, 7) is 2.29. The minimum Gasteiger partial charge on any atom is -0.482 e. The van der Waals surface area contributed by atoms with Gasteiger partial charge in [0, 0.05) is 11.1 Å². The highest BCUT2D eigenvalue weighted by Crippen LogP contribution is 2.34. The molecule has 162 valence electrons. The van der Waals surface area contributed by atoms with Crippen molar-refractivity contribution in [2.24, 2.45) is 5.92 Å². The normalized spacial score (nSPS) is 30.5. The van der Waals surface area contributed by atoms with Crippen LogP contribution in [0.2, 0.25) is 5.02 Å². The fraction of sp³-hybridized carbons (Fsp3) is 0.583. The van der Waals surface area contributed by atoms with Gasteiger partial charge in [0.05, 0.1) is 6.04 Å². The predicted octanol–water partition coefficient (Wildman–Crippen LogP) is 4.55. The molecule has 1 heterocycles. The Balaban J connectivity index is 1.52. The van der Waals surface area contributed by atoms with Gasteiger partial charge in [0.2, 0.25) is 5.91 Å². The summed E-state index contributed by atoms with van der Waals surface area (Å²) in [4.78, 5) is 27.9. The number of nitrogens with zero attached hydrogens (tertiary/aromatic N) is 1. The molecular formula is C24H31ClN2O3. The van der Waals surface area contributed by atoms with Gasteiger partial charge in [-0.3, -0.25) is 9.59 Å². The first-order valence-electron chi connectivity index (χ1n) is 11.3. The lowest BCUT2D eigenvalue weighted by atomic mass is 9.86. The fourth-order valence-electron chi connectivity index (χ4n) is 5.03. The largest absolute Gasteiger partial charge is 0.482 e. The number of amides is 2. The fourth-order valence-corrected chi connectivity index (χ4v) is 5.22. The van der Waals surface area contributed by atoms with Gasteiger partial charge in [-0.1, -0.05) is 56.0 Å². The molecule has 0 radical (unpaired) electrons. The summed E-state index contributed by atoms with van der Waals surface area (Å²) in [7, 11) is 0. The number of rotatable bonds is 4. The van der Waals surface area contributed by atoms with Crippen LogP contribution in [0, 0.1) is 5.92 Å². The first kappa shape index (κ1) is 21.2. The molecule has 4 atom stereocenters. The molecule has 4 unspecified atom stereocenters. The molecule has 2 amide bonds. The smallest absolute Gasteiger partial charge is 0.289 e. The number of hydrogen-bond acceptors (Lipinski definition) is 3. The van der Waals surface area contributed by atoms with Crippen LogP contribution in [0.3, 0.4) is 0 Å². The van der Waals surface area contributed by atoms with Gasteiger partial charge in [0.25, 0.3) is 5.91 Å². The zero-order valence-corrected chi connectivity index (χ0v) is 18.4. The van der Waals surface area contributed by atoms with E-state index in [2.05, 4.69) is 12.2 Å². The number of fused-ring (bicyclic) bond motifs is 1. The molecule has 1 aromatic carbocycles. The molecule has 4 rings (SSSR count). The Morgan fingerprint density at radius 3 is 2.70 bits per heavy atom. The maximum atomic E-state index is 13.3. The van der Waals surface area contributed by atoms with Crippen molar-refractivity contribution >= 4 is 29.5 Å². The van der Waals surface area contributed by atoms with Crippen molar-refractivity contribution in [2.75, 3.05) is 6.54 Å². The maximum absolute atomic E-state index is 13.3. The van der Waals surface area contributed by atoms with E-state index in [0.29, 0.717) is 10.9 Å². The quantitative estimate of drug-likeness (QED) is 0.713. The lowest BCUT2D eigenvalue weighted by molar-refractivity contribution is -0.152. The van der Waals surface area contributed by atoms with E-state index in [-0.39, 0.29) is 42.3 Å². The van der Waals surface area contributed by atoms with Crippen LogP contribution in [-0.2, 0) is 14.3 Å². The van der Waals surface area contributed by atoms with E-state index in [4.69, 9.17) is 16.3 Å². The van der Waals surface area contributed by atoms with Crippen LogP contribution in [-0.4, -0.2) is 41.4 Å². The second-order valence-corrected chi connectivity index (χ2v) is 9.31. The van der Waals surface area contributed by atoms with Crippen LogP contribution in [0.5, 0.6) is 0 Å². The van der Waals surface area contributed by atoms with Crippen LogP contribution < -0.4 is 5.32 Å². The average molecular weight is 431 g/mol. The van der Waals surface area contributed by atoms with Gasteiger partial charge >= 0.3 is 0 Å². The SMILES string of the molecule is CC1CCCCC1NC(=O)CN1C(=O)/C(=C\c2ccccc2Cl)OC2CCCCC21. The van der Waals surface area contributed by atoms with Gasteiger partial charge in [-0.2, -0.15) is 0 Å². The van der Waals surface area contributed by atoms with Gasteiger partial charge in [-0.25, -0.2) is 0 Å². The summed E-state index contributed by atoms with van der Waals surface area (Å²) in [6.07, 6.45) is 10.1. The van der Waals surface area contributed by atoms with Crippen LogP contribution in [0.25, 0.3) is 6.08 Å². The molecule has 2 saturated carbocycles. The molecule has 1 saturated heterocycles.